The van der Waals surface area contributed by atoms with E-state index in [1.165, 1.54) is 26.2 Å². The second kappa shape index (κ2) is 7.95. The minimum atomic E-state index is -4.95. The highest BCUT2D eigenvalue weighted by Crippen LogP contribution is 2.37. The summed E-state index contributed by atoms with van der Waals surface area (Å²) < 4.78 is 82.4. The molecule has 2 aromatic rings. The van der Waals surface area contributed by atoms with Crippen molar-refractivity contribution in [2.45, 2.75) is 19.3 Å². The van der Waals surface area contributed by atoms with Crippen LogP contribution in [0.25, 0.3) is 0 Å². The third-order valence-corrected chi connectivity index (χ3v) is 3.63. The first-order chi connectivity index (χ1) is 12.9. The standard InChI is InChI=1S/C19H15F6NO2/c1-11(6-17(27)12-4-3-5-16(7-12)28-2)26-15-9-13(18(20,21)22)8-14(10-15)19(23,24)25/h3-10,26H,1-2H3. The summed E-state index contributed by atoms with van der Waals surface area (Å²) in [5.41, 5.74) is -3.01. The van der Waals surface area contributed by atoms with Crippen LogP contribution in [0.1, 0.15) is 28.4 Å². The van der Waals surface area contributed by atoms with Gasteiger partial charge in [0.05, 0.1) is 18.2 Å². The van der Waals surface area contributed by atoms with Gasteiger partial charge in [0.2, 0.25) is 0 Å². The van der Waals surface area contributed by atoms with Gasteiger partial charge in [0.25, 0.3) is 0 Å². The zero-order valence-corrected chi connectivity index (χ0v) is 14.7. The number of hydrogen-bond acceptors (Lipinski definition) is 3. The van der Waals surface area contributed by atoms with Gasteiger partial charge in [-0.3, -0.25) is 4.79 Å². The number of anilines is 1. The Morgan fingerprint density at radius 1 is 0.964 bits per heavy atom. The molecule has 0 radical (unpaired) electrons. The van der Waals surface area contributed by atoms with E-state index in [2.05, 4.69) is 5.32 Å². The zero-order valence-electron chi connectivity index (χ0n) is 14.7. The van der Waals surface area contributed by atoms with Gasteiger partial charge in [-0.2, -0.15) is 26.3 Å². The van der Waals surface area contributed by atoms with Crippen LogP contribution in [0, 0.1) is 0 Å². The molecule has 1 N–H and O–H groups in total. The molecule has 3 nitrogen and oxygen atoms in total. The van der Waals surface area contributed by atoms with Gasteiger partial charge in [-0.15, -0.1) is 0 Å². The van der Waals surface area contributed by atoms with Crippen molar-refractivity contribution in [2.24, 2.45) is 0 Å². The molecule has 0 aliphatic carbocycles. The molecule has 0 saturated heterocycles. The monoisotopic (exact) mass is 403 g/mol. The predicted molar refractivity (Wildman–Crippen MR) is 91.2 cm³/mol. The Bertz CT molecular complexity index is 868. The molecular weight excluding hydrogens is 388 g/mol. The van der Waals surface area contributed by atoms with E-state index < -0.39 is 35.0 Å². The van der Waals surface area contributed by atoms with Crippen LogP contribution in [0.3, 0.4) is 0 Å². The van der Waals surface area contributed by atoms with Gasteiger partial charge >= 0.3 is 12.4 Å². The molecule has 0 unspecified atom stereocenters. The molecule has 9 heteroatoms. The Labute approximate surface area is 156 Å². The topological polar surface area (TPSA) is 38.3 Å². The minimum Gasteiger partial charge on any atom is -0.497 e. The molecule has 0 aliphatic heterocycles. The highest BCUT2D eigenvalue weighted by Gasteiger charge is 2.36. The van der Waals surface area contributed by atoms with E-state index in [1.807, 2.05) is 0 Å². The maximum absolute atomic E-state index is 12.9. The summed E-state index contributed by atoms with van der Waals surface area (Å²) >= 11 is 0. The van der Waals surface area contributed by atoms with E-state index in [0.29, 0.717) is 17.9 Å². The summed E-state index contributed by atoms with van der Waals surface area (Å²) in [6, 6.07) is 7.27. The van der Waals surface area contributed by atoms with Gasteiger partial charge in [-0.25, -0.2) is 0 Å². The first-order valence-electron chi connectivity index (χ1n) is 7.83. The molecule has 28 heavy (non-hydrogen) atoms. The number of hydrogen-bond donors (Lipinski definition) is 1. The third-order valence-electron chi connectivity index (χ3n) is 3.63. The first kappa shape index (κ1) is 21.3. The normalized spacial score (nSPS) is 12.6. The van der Waals surface area contributed by atoms with Crippen LogP contribution < -0.4 is 10.1 Å². The van der Waals surface area contributed by atoms with E-state index in [0.717, 1.165) is 6.08 Å². The van der Waals surface area contributed by atoms with Crippen molar-refractivity contribution >= 4 is 11.5 Å². The van der Waals surface area contributed by atoms with Crippen LogP contribution in [0.4, 0.5) is 32.0 Å². The number of halogens is 6. The van der Waals surface area contributed by atoms with Gasteiger partial charge in [0.15, 0.2) is 5.78 Å². The molecule has 0 spiro atoms. The average Bonchev–Trinajstić information content (AvgIpc) is 2.59. The Balaban J connectivity index is 2.32. The predicted octanol–water partition coefficient (Wildman–Crippen LogP) is 5.93. The Morgan fingerprint density at radius 2 is 1.54 bits per heavy atom. The number of ketones is 1. The van der Waals surface area contributed by atoms with Crippen LogP contribution in [-0.2, 0) is 12.4 Å². The van der Waals surface area contributed by atoms with Crippen molar-refractivity contribution in [2.75, 3.05) is 12.4 Å². The van der Waals surface area contributed by atoms with E-state index in [9.17, 15) is 31.1 Å². The molecule has 0 amide bonds. The lowest BCUT2D eigenvalue weighted by Gasteiger charge is -2.15. The molecule has 0 saturated carbocycles. The largest absolute Gasteiger partial charge is 0.497 e. The Hall–Kier alpha value is -2.97. The fourth-order valence-electron chi connectivity index (χ4n) is 2.35. The molecular formula is C19H15F6NO2. The Kier molecular flexibility index (Phi) is 6.06. The lowest BCUT2D eigenvalue weighted by molar-refractivity contribution is -0.143. The fourth-order valence-corrected chi connectivity index (χ4v) is 2.35. The Morgan fingerprint density at radius 3 is 2.04 bits per heavy atom. The quantitative estimate of drug-likeness (QED) is 0.382. The SMILES string of the molecule is COc1cccc(C(=O)C=C(C)Nc2cc(C(F)(F)F)cc(C(F)(F)F)c2)c1. The van der Waals surface area contributed by atoms with Crippen LogP contribution in [0.5, 0.6) is 5.75 Å². The summed E-state index contributed by atoms with van der Waals surface area (Å²) in [5.74, 6) is -0.0653. The number of allylic oxidation sites excluding steroid dienone is 2. The van der Waals surface area contributed by atoms with E-state index in [1.54, 1.807) is 12.1 Å². The van der Waals surface area contributed by atoms with E-state index in [-0.39, 0.29) is 17.3 Å². The van der Waals surface area contributed by atoms with Gasteiger partial charge in [-0.05, 0) is 37.3 Å². The number of benzene rings is 2. The van der Waals surface area contributed by atoms with Crippen LogP contribution in [-0.4, -0.2) is 12.9 Å². The van der Waals surface area contributed by atoms with Gasteiger partial charge in [0.1, 0.15) is 5.75 Å². The summed E-state index contributed by atoms with van der Waals surface area (Å²) in [7, 11) is 1.41. The number of carbonyl (C=O) groups excluding carboxylic acids is 1. The van der Waals surface area contributed by atoms with Crippen molar-refractivity contribution in [3.8, 4) is 5.75 Å². The van der Waals surface area contributed by atoms with E-state index in [4.69, 9.17) is 4.74 Å². The molecule has 2 aromatic carbocycles. The number of alkyl halides is 6. The molecule has 150 valence electrons. The molecule has 0 aromatic heterocycles. The fraction of sp³-hybridized carbons (Fsp3) is 0.211. The molecule has 0 aliphatic rings. The van der Waals surface area contributed by atoms with Crippen molar-refractivity contribution < 1.29 is 35.9 Å². The number of rotatable bonds is 5. The third kappa shape index (κ3) is 5.51. The van der Waals surface area contributed by atoms with Gasteiger partial charge in [-0.1, -0.05) is 12.1 Å². The summed E-state index contributed by atoms with van der Waals surface area (Å²) in [6.07, 6.45) is -8.83. The maximum atomic E-state index is 12.9. The van der Waals surface area contributed by atoms with Crippen molar-refractivity contribution in [3.05, 3.63) is 70.9 Å². The number of nitrogens with one attached hydrogen (secondary N) is 1. The van der Waals surface area contributed by atoms with E-state index >= 15 is 0 Å². The molecule has 0 heterocycles. The summed E-state index contributed by atoms with van der Waals surface area (Å²) in [4.78, 5) is 12.2. The molecule has 2 rings (SSSR count). The van der Waals surface area contributed by atoms with Gasteiger partial charge < -0.3 is 10.1 Å². The van der Waals surface area contributed by atoms with Gasteiger partial charge in [0, 0.05) is 23.0 Å². The van der Waals surface area contributed by atoms with Crippen LogP contribution in [0.2, 0.25) is 0 Å². The molecule has 0 bridgehead atoms. The number of methoxy groups -OCH3 is 1. The summed E-state index contributed by atoms with van der Waals surface area (Å²) in [5, 5.41) is 2.41. The second-order valence-electron chi connectivity index (χ2n) is 5.84. The molecule has 0 fully saturated rings. The maximum Gasteiger partial charge on any atom is 0.416 e. The van der Waals surface area contributed by atoms with Crippen molar-refractivity contribution in [1.29, 1.82) is 0 Å². The lowest BCUT2D eigenvalue weighted by Crippen LogP contribution is -2.12. The number of ether oxygens (including phenoxy) is 1. The minimum absolute atomic E-state index is 0.0334. The second-order valence-corrected chi connectivity index (χ2v) is 5.84. The van der Waals surface area contributed by atoms with Crippen molar-refractivity contribution in [1.82, 2.24) is 0 Å². The lowest BCUT2D eigenvalue weighted by atomic mass is 10.1. The summed E-state index contributed by atoms with van der Waals surface area (Å²) in [6.45, 7) is 1.35. The first-order valence-corrected chi connectivity index (χ1v) is 7.83. The van der Waals surface area contributed by atoms with Crippen molar-refractivity contribution in [3.63, 3.8) is 0 Å². The average molecular weight is 403 g/mol. The van der Waals surface area contributed by atoms with Crippen LogP contribution >= 0.6 is 0 Å². The number of carbonyl (C=O) groups is 1. The molecule has 0 atom stereocenters. The zero-order chi connectivity index (χ0) is 21.1. The smallest absolute Gasteiger partial charge is 0.416 e. The highest BCUT2D eigenvalue weighted by atomic mass is 19.4. The highest BCUT2D eigenvalue weighted by molar-refractivity contribution is 6.05. The van der Waals surface area contributed by atoms with Crippen LogP contribution in [0.15, 0.2) is 54.2 Å².